The predicted molar refractivity (Wildman–Crippen MR) is 131 cm³/mol. The average Bonchev–Trinajstić information content (AvgIpc) is 3.02. The second-order valence-electron chi connectivity index (χ2n) is 7.75. The van der Waals surface area contributed by atoms with Crippen molar-refractivity contribution in [1.82, 2.24) is 15.3 Å². The van der Waals surface area contributed by atoms with Crippen LogP contribution in [0.1, 0.15) is 25.3 Å². The van der Waals surface area contributed by atoms with E-state index < -0.39 is 6.04 Å². The fraction of sp³-hybridized carbons (Fsp3) is 0.333. The molecule has 0 bridgehead atoms. The summed E-state index contributed by atoms with van der Waals surface area (Å²) in [6.07, 6.45) is 0.796. The minimum absolute atomic E-state index is 0.0758. The first-order valence-electron chi connectivity index (χ1n) is 10.9. The smallest absolute Gasteiger partial charge is 0.253 e. The van der Waals surface area contributed by atoms with E-state index in [0.29, 0.717) is 23.8 Å². The van der Waals surface area contributed by atoms with Crippen molar-refractivity contribution in [2.75, 3.05) is 26.1 Å². The summed E-state index contributed by atoms with van der Waals surface area (Å²) in [6.45, 7) is 2.63. The lowest BCUT2D eigenvalue weighted by Gasteiger charge is -2.24. The summed E-state index contributed by atoms with van der Waals surface area (Å²) in [6, 6.07) is 13.1. The third-order valence-corrected chi connectivity index (χ3v) is 5.65. The van der Waals surface area contributed by atoms with E-state index in [1.807, 2.05) is 6.92 Å². The van der Waals surface area contributed by atoms with Crippen LogP contribution in [-0.4, -0.2) is 59.5 Å². The van der Waals surface area contributed by atoms with Gasteiger partial charge in [-0.3, -0.25) is 24.7 Å². The molecule has 9 nitrogen and oxygen atoms in total. The van der Waals surface area contributed by atoms with Crippen molar-refractivity contribution in [1.29, 1.82) is 0 Å². The number of hydrogen-bond acceptors (Lipinski definition) is 6. The fourth-order valence-corrected chi connectivity index (χ4v) is 3.64. The Morgan fingerprint density at radius 3 is 2.29 bits per heavy atom. The van der Waals surface area contributed by atoms with E-state index in [4.69, 9.17) is 21.7 Å². The number of benzene rings is 2. The Balaban J connectivity index is 1.61. The standard InChI is InChI=1S/C24H28N4O5S/c1-4-13-33-19-11-7-17(8-12-19)25-21(29)15-20-23(31)27(2)24(34)28(20)26-22(30)14-16-5-9-18(32-3)10-6-16/h5-12,20H,4,13-15H2,1-3H3,(H,25,29)(H,26,30). The molecule has 0 saturated carbocycles. The number of carbonyl (C=O) groups excluding carboxylic acids is 3. The first-order valence-corrected chi connectivity index (χ1v) is 11.3. The summed E-state index contributed by atoms with van der Waals surface area (Å²) in [7, 11) is 3.08. The quantitative estimate of drug-likeness (QED) is 0.500. The molecular formula is C24H28N4O5S. The third-order valence-electron chi connectivity index (χ3n) is 5.18. The Morgan fingerprint density at radius 1 is 1.03 bits per heavy atom. The zero-order valence-electron chi connectivity index (χ0n) is 19.4. The molecule has 2 N–H and O–H groups in total. The number of ether oxygens (including phenoxy) is 2. The van der Waals surface area contributed by atoms with Gasteiger partial charge in [0.2, 0.25) is 11.8 Å². The van der Waals surface area contributed by atoms with Crippen molar-refractivity contribution in [3.8, 4) is 11.5 Å². The molecule has 1 heterocycles. The maximum absolute atomic E-state index is 12.7. The van der Waals surface area contributed by atoms with Crippen molar-refractivity contribution in [3.63, 3.8) is 0 Å². The molecule has 3 amide bonds. The highest BCUT2D eigenvalue weighted by Gasteiger charge is 2.42. The van der Waals surface area contributed by atoms with Crippen LogP contribution in [0, 0.1) is 0 Å². The highest BCUT2D eigenvalue weighted by molar-refractivity contribution is 7.80. The van der Waals surface area contributed by atoms with E-state index >= 15 is 0 Å². The zero-order chi connectivity index (χ0) is 24.7. The van der Waals surface area contributed by atoms with Gasteiger partial charge >= 0.3 is 0 Å². The number of likely N-dealkylation sites (N-methyl/N-ethyl adjacent to an activating group) is 1. The lowest BCUT2D eigenvalue weighted by Crippen LogP contribution is -2.50. The van der Waals surface area contributed by atoms with Gasteiger partial charge in [-0.2, -0.15) is 0 Å². The summed E-state index contributed by atoms with van der Waals surface area (Å²) < 4.78 is 10.7. The molecule has 2 aromatic rings. The highest BCUT2D eigenvalue weighted by atomic mass is 32.1. The van der Waals surface area contributed by atoms with Gasteiger partial charge in [0, 0.05) is 12.7 Å². The molecule has 10 heteroatoms. The van der Waals surface area contributed by atoms with Crippen LogP contribution in [0.4, 0.5) is 5.69 Å². The summed E-state index contributed by atoms with van der Waals surface area (Å²) in [5.41, 5.74) is 4.02. The number of amides is 3. The van der Waals surface area contributed by atoms with Crippen molar-refractivity contribution < 1.29 is 23.9 Å². The van der Waals surface area contributed by atoms with E-state index in [9.17, 15) is 14.4 Å². The topological polar surface area (TPSA) is 100 Å². The van der Waals surface area contributed by atoms with Gasteiger partial charge in [-0.1, -0.05) is 19.1 Å². The van der Waals surface area contributed by atoms with Gasteiger partial charge < -0.3 is 14.8 Å². The molecule has 1 fully saturated rings. The van der Waals surface area contributed by atoms with Crippen LogP contribution >= 0.6 is 12.2 Å². The number of nitrogens with zero attached hydrogens (tertiary/aromatic N) is 2. The molecule has 0 radical (unpaired) electrons. The Morgan fingerprint density at radius 2 is 1.68 bits per heavy atom. The van der Waals surface area contributed by atoms with Crippen LogP contribution in [0.25, 0.3) is 0 Å². The molecular weight excluding hydrogens is 456 g/mol. The molecule has 1 unspecified atom stereocenters. The van der Waals surface area contributed by atoms with Crippen LogP contribution < -0.4 is 20.2 Å². The molecule has 1 atom stereocenters. The van der Waals surface area contributed by atoms with Crippen LogP contribution in [0.5, 0.6) is 11.5 Å². The molecule has 1 aliphatic rings. The number of hydrogen-bond donors (Lipinski definition) is 2. The molecule has 180 valence electrons. The molecule has 1 aliphatic heterocycles. The number of carbonyl (C=O) groups is 3. The monoisotopic (exact) mass is 484 g/mol. The van der Waals surface area contributed by atoms with Gasteiger partial charge in [0.15, 0.2) is 5.11 Å². The SMILES string of the molecule is CCCOc1ccc(NC(=O)CC2C(=O)N(C)C(=S)N2NC(=O)Cc2ccc(OC)cc2)cc1. The van der Waals surface area contributed by atoms with E-state index in [1.165, 1.54) is 17.0 Å². The minimum atomic E-state index is -0.940. The molecule has 1 saturated heterocycles. The number of methoxy groups -OCH3 is 1. The first-order chi connectivity index (χ1) is 16.3. The van der Waals surface area contributed by atoms with Gasteiger partial charge in [-0.25, -0.2) is 5.01 Å². The van der Waals surface area contributed by atoms with Crippen molar-refractivity contribution in [3.05, 3.63) is 54.1 Å². The predicted octanol–water partition coefficient (Wildman–Crippen LogP) is 2.51. The van der Waals surface area contributed by atoms with E-state index in [2.05, 4.69) is 10.7 Å². The van der Waals surface area contributed by atoms with Crippen LogP contribution in [0.3, 0.4) is 0 Å². The molecule has 0 aliphatic carbocycles. The summed E-state index contributed by atoms with van der Waals surface area (Å²) in [5, 5.41) is 4.18. The fourth-order valence-electron chi connectivity index (χ4n) is 3.37. The van der Waals surface area contributed by atoms with E-state index in [0.717, 1.165) is 12.0 Å². The van der Waals surface area contributed by atoms with Crippen LogP contribution in [0.15, 0.2) is 48.5 Å². The number of anilines is 1. The van der Waals surface area contributed by atoms with E-state index in [-0.39, 0.29) is 35.7 Å². The maximum atomic E-state index is 12.7. The third kappa shape index (κ3) is 6.22. The Hall–Kier alpha value is -3.66. The molecule has 2 aromatic carbocycles. The summed E-state index contributed by atoms with van der Waals surface area (Å²) in [5.74, 6) is 0.292. The molecule has 0 aromatic heterocycles. The average molecular weight is 485 g/mol. The highest BCUT2D eigenvalue weighted by Crippen LogP contribution is 2.20. The maximum Gasteiger partial charge on any atom is 0.253 e. The number of hydrazine groups is 1. The van der Waals surface area contributed by atoms with Crippen LogP contribution in [-0.2, 0) is 20.8 Å². The second-order valence-corrected chi connectivity index (χ2v) is 8.12. The molecule has 34 heavy (non-hydrogen) atoms. The number of thiocarbonyl (C=S) groups is 1. The normalized spacial score (nSPS) is 15.3. The van der Waals surface area contributed by atoms with Gasteiger partial charge in [0.25, 0.3) is 5.91 Å². The lowest BCUT2D eigenvalue weighted by molar-refractivity contribution is -0.132. The van der Waals surface area contributed by atoms with Gasteiger partial charge in [-0.15, -0.1) is 0 Å². The number of nitrogens with one attached hydrogen (secondary N) is 2. The summed E-state index contributed by atoms with van der Waals surface area (Å²) in [4.78, 5) is 39.2. The Labute approximate surface area is 204 Å². The minimum Gasteiger partial charge on any atom is -0.497 e. The Bertz CT molecular complexity index is 1040. The molecule has 0 spiro atoms. The largest absolute Gasteiger partial charge is 0.497 e. The molecule has 3 rings (SSSR count). The van der Waals surface area contributed by atoms with Crippen molar-refractivity contribution in [2.24, 2.45) is 0 Å². The summed E-state index contributed by atoms with van der Waals surface area (Å²) >= 11 is 5.32. The van der Waals surface area contributed by atoms with E-state index in [1.54, 1.807) is 55.6 Å². The lowest BCUT2D eigenvalue weighted by atomic mass is 10.1. The first kappa shape index (κ1) is 25.0. The van der Waals surface area contributed by atoms with Gasteiger partial charge in [-0.05, 0) is 60.6 Å². The zero-order valence-corrected chi connectivity index (χ0v) is 20.2. The number of rotatable bonds is 10. The van der Waals surface area contributed by atoms with Crippen molar-refractivity contribution >= 4 is 40.7 Å². The van der Waals surface area contributed by atoms with Crippen molar-refractivity contribution in [2.45, 2.75) is 32.2 Å². The second kappa shape index (κ2) is 11.5. The Kier molecular flexibility index (Phi) is 8.42. The van der Waals surface area contributed by atoms with Gasteiger partial charge in [0.05, 0.1) is 26.6 Å². The van der Waals surface area contributed by atoms with Gasteiger partial charge in [0.1, 0.15) is 17.5 Å². The van der Waals surface area contributed by atoms with Crippen LogP contribution in [0.2, 0.25) is 0 Å².